The number of nitrogens with zero attached hydrogens (tertiary/aromatic N) is 4. The lowest BCUT2D eigenvalue weighted by Gasteiger charge is -2.08. The lowest BCUT2D eigenvalue weighted by Crippen LogP contribution is -2.32. The molecule has 1 N–H and O–H groups in total. The number of hydrogen-bond donors (Lipinski definition) is 1. The van der Waals surface area contributed by atoms with Crippen molar-refractivity contribution in [1.82, 2.24) is 24.1 Å². The molecule has 9 heteroatoms. The molecule has 0 radical (unpaired) electrons. The molecule has 2 aromatic heterocycles. The van der Waals surface area contributed by atoms with Gasteiger partial charge in [-0.25, -0.2) is 22.8 Å². The molecular formula is C15H21N5O3S. The zero-order valence-corrected chi connectivity index (χ0v) is 14.6. The predicted octanol–water partition coefficient (Wildman–Crippen LogP) is 0.488. The molecule has 0 bridgehead atoms. The van der Waals surface area contributed by atoms with Crippen LogP contribution in [0.15, 0.2) is 28.4 Å². The second-order valence-electron chi connectivity index (χ2n) is 6.18. The van der Waals surface area contributed by atoms with Crippen molar-refractivity contribution in [2.24, 2.45) is 0 Å². The molecule has 0 spiro atoms. The van der Waals surface area contributed by atoms with Crippen LogP contribution in [0.25, 0.3) is 0 Å². The molecule has 1 aliphatic rings. The van der Waals surface area contributed by atoms with Crippen LogP contribution in [0.4, 0.5) is 0 Å². The van der Waals surface area contributed by atoms with Crippen LogP contribution in [0.1, 0.15) is 37.6 Å². The molecule has 0 aliphatic heterocycles. The van der Waals surface area contributed by atoms with E-state index in [4.69, 9.17) is 0 Å². The van der Waals surface area contributed by atoms with E-state index in [1.54, 1.807) is 10.6 Å². The van der Waals surface area contributed by atoms with E-state index in [2.05, 4.69) is 14.8 Å². The molecule has 24 heavy (non-hydrogen) atoms. The lowest BCUT2D eigenvalue weighted by molar-refractivity contribution is 0.540. The summed E-state index contributed by atoms with van der Waals surface area (Å²) in [5, 5.41) is 4.30. The van der Waals surface area contributed by atoms with Gasteiger partial charge in [-0.1, -0.05) is 0 Å². The lowest BCUT2D eigenvalue weighted by atomic mass is 10.2. The number of aromatic nitrogens is 4. The van der Waals surface area contributed by atoms with Crippen molar-refractivity contribution in [3.8, 4) is 0 Å². The molecular weight excluding hydrogens is 330 g/mol. The van der Waals surface area contributed by atoms with Crippen molar-refractivity contribution in [2.45, 2.75) is 50.7 Å². The molecule has 0 aromatic carbocycles. The highest BCUT2D eigenvalue weighted by molar-refractivity contribution is 7.89. The second kappa shape index (κ2) is 6.48. The molecule has 8 nitrogen and oxygen atoms in total. The van der Waals surface area contributed by atoms with Crippen molar-refractivity contribution in [3.05, 3.63) is 40.2 Å². The molecule has 130 valence electrons. The Morgan fingerprint density at radius 3 is 2.83 bits per heavy atom. The molecule has 0 atom stereocenters. The molecule has 0 saturated carbocycles. The average molecular weight is 351 g/mol. The molecule has 2 aromatic rings. The van der Waals surface area contributed by atoms with E-state index in [0.717, 1.165) is 30.5 Å². The van der Waals surface area contributed by atoms with E-state index in [1.165, 1.54) is 17.2 Å². The predicted molar refractivity (Wildman–Crippen MR) is 88.3 cm³/mol. The summed E-state index contributed by atoms with van der Waals surface area (Å²) in [6.07, 6.45) is 5.76. The third kappa shape index (κ3) is 3.41. The highest BCUT2D eigenvalue weighted by atomic mass is 32.2. The van der Waals surface area contributed by atoms with Gasteiger partial charge in [-0.3, -0.25) is 4.79 Å². The van der Waals surface area contributed by atoms with Crippen LogP contribution < -0.4 is 10.3 Å². The van der Waals surface area contributed by atoms with Crippen LogP contribution in [0.5, 0.6) is 0 Å². The fourth-order valence-corrected chi connectivity index (χ4v) is 3.65. The fourth-order valence-electron chi connectivity index (χ4n) is 2.70. The van der Waals surface area contributed by atoms with Gasteiger partial charge in [-0.2, -0.15) is 5.10 Å². The number of nitrogens with one attached hydrogen (secondary N) is 1. The number of fused-ring (bicyclic) bond motifs is 1. The summed E-state index contributed by atoms with van der Waals surface area (Å²) in [7, 11) is -3.69. The maximum absolute atomic E-state index is 12.2. The van der Waals surface area contributed by atoms with E-state index in [0.29, 0.717) is 0 Å². The van der Waals surface area contributed by atoms with E-state index in [-0.39, 0.29) is 29.7 Å². The maximum atomic E-state index is 12.2. The van der Waals surface area contributed by atoms with Gasteiger partial charge in [0, 0.05) is 24.8 Å². The van der Waals surface area contributed by atoms with Crippen molar-refractivity contribution >= 4 is 10.0 Å². The highest BCUT2D eigenvalue weighted by Gasteiger charge is 2.18. The summed E-state index contributed by atoms with van der Waals surface area (Å²) in [4.78, 5) is 15.9. The highest BCUT2D eigenvalue weighted by Crippen LogP contribution is 2.16. The van der Waals surface area contributed by atoms with E-state index in [9.17, 15) is 13.2 Å². The van der Waals surface area contributed by atoms with Crippen LogP contribution in [-0.2, 0) is 29.4 Å². The van der Waals surface area contributed by atoms with Crippen molar-refractivity contribution < 1.29 is 8.42 Å². The number of aryl methyl sites for hydroxylation is 2. The Hall–Kier alpha value is -2.00. The van der Waals surface area contributed by atoms with Gasteiger partial charge in [0.15, 0.2) is 5.03 Å². The first-order chi connectivity index (χ1) is 11.4. The standard InChI is InChI=1S/C15H21N5O3S/c1-11(2)19-9-14(16-10-19)24(22,23)17-6-7-20-15(21)8-12-4-3-5-13(12)18-20/h8-11,17H,3-7H2,1-2H3. The Balaban J connectivity index is 1.66. The van der Waals surface area contributed by atoms with Gasteiger partial charge in [-0.05, 0) is 38.7 Å². The maximum Gasteiger partial charge on any atom is 0.267 e. The number of imidazole rings is 1. The van der Waals surface area contributed by atoms with Crippen LogP contribution in [-0.4, -0.2) is 34.3 Å². The Morgan fingerprint density at radius 1 is 1.33 bits per heavy atom. The first-order valence-electron chi connectivity index (χ1n) is 8.00. The number of rotatable bonds is 6. The molecule has 0 unspecified atom stereocenters. The second-order valence-corrected chi connectivity index (χ2v) is 7.90. The van der Waals surface area contributed by atoms with Gasteiger partial charge in [0.25, 0.3) is 15.6 Å². The molecule has 3 rings (SSSR count). The Kier molecular flexibility index (Phi) is 4.55. The van der Waals surface area contributed by atoms with Crippen LogP contribution in [0.2, 0.25) is 0 Å². The normalized spacial score (nSPS) is 14.3. The summed E-state index contributed by atoms with van der Waals surface area (Å²) in [5.74, 6) is 0. The monoisotopic (exact) mass is 351 g/mol. The quantitative estimate of drug-likeness (QED) is 0.816. The topological polar surface area (TPSA) is 98.9 Å². The summed E-state index contributed by atoms with van der Waals surface area (Å²) < 4.78 is 30.0. The summed E-state index contributed by atoms with van der Waals surface area (Å²) >= 11 is 0. The van der Waals surface area contributed by atoms with E-state index in [1.807, 2.05) is 13.8 Å². The van der Waals surface area contributed by atoms with Gasteiger partial charge in [0.1, 0.15) is 0 Å². The fraction of sp³-hybridized carbons (Fsp3) is 0.533. The summed E-state index contributed by atoms with van der Waals surface area (Å²) in [6, 6.07) is 1.74. The number of sulfonamides is 1. The Labute approximate surface area is 140 Å². The largest absolute Gasteiger partial charge is 0.334 e. The van der Waals surface area contributed by atoms with Gasteiger partial charge in [-0.15, -0.1) is 0 Å². The molecule has 0 amide bonds. The van der Waals surface area contributed by atoms with Gasteiger partial charge >= 0.3 is 0 Å². The third-order valence-corrected chi connectivity index (χ3v) is 5.43. The molecule has 1 aliphatic carbocycles. The minimum atomic E-state index is -3.69. The molecule has 0 saturated heterocycles. The first kappa shape index (κ1) is 16.8. The van der Waals surface area contributed by atoms with Crippen molar-refractivity contribution in [1.29, 1.82) is 0 Å². The van der Waals surface area contributed by atoms with Crippen molar-refractivity contribution in [3.63, 3.8) is 0 Å². The van der Waals surface area contributed by atoms with Crippen molar-refractivity contribution in [2.75, 3.05) is 6.54 Å². The molecule has 2 heterocycles. The summed E-state index contributed by atoms with van der Waals surface area (Å²) in [6.45, 7) is 4.16. The minimum absolute atomic E-state index is 0.0227. The third-order valence-electron chi connectivity index (χ3n) is 4.09. The summed E-state index contributed by atoms with van der Waals surface area (Å²) in [5.41, 5.74) is 1.75. The molecule has 0 fully saturated rings. The Bertz CT molecular complexity index is 898. The Morgan fingerprint density at radius 2 is 2.12 bits per heavy atom. The zero-order valence-electron chi connectivity index (χ0n) is 13.8. The van der Waals surface area contributed by atoms with Crippen LogP contribution in [0, 0.1) is 0 Å². The van der Waals surface area contributed by atoms with Gasteiger partial charge in [0.05, 0.1) is 18.6 Å². The van der Waals surface area contributed by atoms with Crippen LogP contribution >= 0.6 is 0 Å². The zero-order chi connectivity index (χ0) is 17.3. The SMILES string of the molecule is CC(C)n1cnc(S(=O)(=O)NCCn2nc3c(cc2=O)CCC3)c1. The first-order valence-corrected chi connectivity index (χ1v) is 9.48. The number of hydrogen-bond acceptors (Lipinski definition) is 5. The van der Waals surface area contributed by atoms with Gasteiger partial charge < -0.3 is 4.57 Å². The van der Waals surface area contributed by atoms with E-state index < -0.39 is 10.0 Å². The minimum Gasteiger partial charge on any atom is -0.334 e. The van der Waals surface area contributed by atoms with Crippen LogP contribution in [0.3, 0.4) is 0 Å². The average Bonchev–Trinajstić information content (AvgIpc) is 3.15. The van der Waals surface area contributed by atoms with E-state index >= 15 is 0 Å². The smallest absolute Gasteiger partial charge is 0.267 e. The van der Waals surface area contributed by atoms with Gasteiger partial charge in [0.2, 0.25) is 0 Å².